The highest BCUT2D eigenvalue weighted by molar-refractivity contribution is 7.11. The Morgan fingerprint density at radius 3 is 2.79 bits per heavy atom. The summed E-state index contributed by atoms with van der Waals surface area (Å²) < 4.78 is 0. The monoisotopic (exact) mass is 341 g/mol. The number of aromatic nitrogens is 1. The molecular weight excluding hydrogens is 318 g/mol. The molecule has 1 aromatic carbocycles. The van der Waals surface area contributed by atoms with Gasteiger partial charge in [0, 0.05) is 29.1 Å². The largest absolute Gasteiger partial charge is 0.306 e. The SMILES string of the molecule is Cc1ccc2c(c1)[C@H]1CN(C)CC[C@H]1N2C(=O)c1nc(C)sc1C. The first-order chi connectivity index (χ1) is 11.5. The minimum absolute atomic E-state index is 0.0685. The smallest absolute Gasteiger partial charge is 0.278 e. The molecule has 2 aromatic rings. The molecule has 0 spiro atoms. The first kappa shape index (κ1) is 15.8. The molecule has 1 fully saturated rings. The maximum absolute atomic E-state index is 13.3. The van der Waals surface area contributed by atoms with Gasteiger partial charge in [0.2, 0.25) is 0 Å². The molecule has 4 nitrogen and oxygen atoms in total. The summed E-state index contributed by atoms with van der Waals surface area (Å²) >= 11 is 1.60. The van der Waals surface area contributed by atoms with Gasteiger partial charge in [-0.2, -0.15) is 0 Å². The summed E-state index contributed by atoms with van der Waals surface area (Å²) in [6, 6.07) is 6.75. The van der Waals surface area contributed by atoms with Gasteiger partial charge in [-0.25, -0.2) is 4.98 Å². The Morgan fingerprint density at radius 1 is 1.29 bits per heavy atom. The minimum atomic E-state index is 0.0685. The Balaban J connectivity index is 1.80. The predicted molar refractivity (Wildman–Crippen MR) is 98.2 cm³/mol. The van der Waals surface area contributed by atoms with E-state index in [9.17, 15) is 4.79 Å². The van der Waals surface area contributed by atoms with Gasteiger partial charge >= 0.3 is 0 Å². The summed E-state index contributed by atoms with van der Waals surface area (Å²) in [5, 5.41) is 0.958. The molecule has 0 saturated carbocycles. The number of benzene rings is 1. The van der Waals surface area contributed by atoms with Gasteiger partial charge in [-0.05, 0) is 52.4 Å². The van der Waals surface area contributed by atoms with Crippen LogP contribution in [0.3, 0.4) is 0 Å². The highest BCUT2D eigenvalue weighted by Gasteiger charge is 2.44. The highest BCUT2D eigenvalue weighted by Crippen LogP contribution is 2.45. The first-order valence-corrected chi connectivity index (χ1v) is 9.34. The van der Waals surface area contributed by atoms with E-state index < -0.39 is 0 Å². The van der Waals surface area contributed by atoms with Crippen LogP contribution in [-0.4, -0.2) is 42.0 Å². The van der Waals surface area contributed by atoms with Gasteiger partial charge in [-0.15, -0.1) is 11.3 Å². The molecule has 1 saturated heterocycles. The second kappa shape index (κ2) is 5.67. The lowest BCUT2D eigenvalue weighted by molar-refractivity contribution is 0.0960. The van der Waals surface area contributed by atoms with Crippen LogP contribution < -0.4 is 4.90 Å². The molecule has 0 aliphatic carbocycles. The molecule has 3 heterocycles. The molecule has 5 heteroatoms. The van der Waals surface area contributed by atoms with E-state index in [-0.39, 0.29) is 11.9 Å². The molecule has 2 aliphatic rings. The highest BCUT2D eigenvalue weighted by atomic mass is 32.1. The summed E-state index contributed by atoms with van der Waals surface area (Å²) in [6.45, 7) is 8.14. The van der Waals surface area contributed by atoms with Crippen LogP contribution in [0.4, 0.5) is 5.69 Å². The number of piperidine rings is 1. The van der Waals surface area contributed by atoms with E-state index in [4.69, 9.17) is 0 Å². The summed E-state index contributed by atoms with van der Waals surface area (Å²) in [7, 11) is 2.17. The molecule has 0 N–H and O–H groups in total. The van der Waals surface area contributed by atoms with Gasteiger partial charge < -0.3 is 9.80 Å². The third-order valence-electron chi connectivity index (χ3n) is 5.28. The van der Waals surface area contributed by atoms with Crippen LogP contribution in [0.5, 0.6) is 0 Å². The molecule has 126 valence electrons. The summed E-state index contributed by atoms with van der Waals surface area (Å²) in [5.41, 5.74) is 4.30. The average molecular weight is 341 g/mol. The van der Waals surface area contributed by atoms with Crippen molar-refractivity contribution in [3.63, 3.8) is 0 Å². The van der Waals surface area contributed by atoms with Gasteiger partial charge in [0.15, 0.2) is 0 Å². The van der Waals surface area contributed by atoms with E-state index in [0.29, 0.717) is 11.6 Å². The van der Waals surface area contributed by atoms with Crippen LogP contribution in [0.1, 0.15) is 43.8 Å². The molecule has 4 rings (SSSR count). The standard InChI is InChI=1S/C19H23N3OS/c1-11-5-6-16-14(9-11)15-10-21(4)8-7-17(15)22(16)19(23)18-12(2)24-13(3)20-18/h5-6,9,15,17H,7-8,10H2,1-4H3/t15-,17-/m1/s1. The van der Waals surface area contributed by atoms with Crippen LogP contribution in [0.2, 0.25) is 0 Å². The Hall–Kier alpha value is -1.72. The molecule has 24 heavy (non-hydrogen) atoms. The van der Waals surface area contributed by atoms with Crippen molar-refractivity contribution in [3.05, 3.63) is 44.9 Å². The van der Waals surface area contributed by atoms with E-state index in [1.807, 2.05) is 18.7 Å². The number of anilines is 1. The average Bonchev–Trinajstić information content (AvgIpc) is 3.03. The molecule has 2 atom stereocenters. The van der Waals surface area contributed by atoms with Gasteiger partial charge in [0.1, 0.15) is 5.69 Å². The van der Waals surface area contributed by atoms with Gasteiger partial charge in [0.25, 0.3) is 5.91 Å². The number of rotatable bonds is 1. The zero-order valence-electron chi connectivity index (χ0n) is 14.7. The van der Waals surface area contributed by atoms with Gasteiger partial charge in [-0.3, -0.25) is 4.79 Å². The zero-order chi connectivity index (χ0) is 17.0. The molecule has 1 aromatic heterocycles. The quantitative estimate of drug-likeness (QED) is 0.796. The van der Waals surface area contributed by atoms with Crippen LogP contribution >= 0.6 is 11.3 Å². The number of likely N-dealkylation sites (N-methyl/N-ethyl adjacent to an activating group) is 1. The Bertz CT molecular complexity index is 813. The fourth-order valence-corrected chi connectivity index (χ4v) is 5.00. The summed E-state index contributed by atoms with van der Waals surface area (Å²) in [5.74, 6) is 0.474. The fraction of sp³-hybridized carbons (Fsp3) is 0.474. The van der Waals surface area contributed by atoms with E-state index in [0.717, 1.165) is 35.1 Å². The molecule has 0 bridgehead atoms. The van der Waals surface area contributed by atoms with E-state index in [1.54, 1.807) is 11.3 Å². The number of carbonyl (C=O) groups excluding carboxylic acids is 1. The van der Waals surface area contributed by atoms with Gasteiger partial charge in [0.05, 0.1) is 5.01 Å². The molecule has 0 radical (unpaired) electrons. The number of aryl methyl sites for hydroxylation is 3. The van der Waals surface area contributed by atoms with Crippen molar-refractivity contribution in [2.75, 3.05) is 25.0 Å². The maximum Gasteiger partial charge on any atom is 0.278 e. The number of carbonyl (C=O) groups is 1. The minimum Gasteiger partial charge on any atom is -0.306 e. The van der Waals surface area contributed by atoms with E-state index in [2.05, 4.69) is 42.1 Å². The molecular formula is C19H23N3OS. The molecule has 0 unspecified atom stereocenters. The number of hydrogen-bond acceptors (Lipinski definition) is 4. The van der Waals surface area contributed by atoms with Crippen LogP contribution in [0, 0.1) is 20.8 Å². The number of thiazole rings is 1. The van der Waals surface area contributed by atoms with Crippen molar-refractivity contribution < 1.29 is 4.79 Å². The van der Waals surface area contributed by atoms with E-state index in [1.165, 1.54) is 11.1 Å². The first-order valence-electron chi connectivity index (χ1n) is 8.52. The zero-order valence-corrected chi connectivity index (χ0v) is 15.5. The van der Waals surface area contributed by atoms with Gasteiger partial charge in [-0.1, -0.05) is 17.7 Å². The van der Waals surface area contributed by atoms with Crippen molar-refractivity contribution in [2.24, 2.45) is 0 Å². The van der Waals surface area contributed by atoms with Crippen molar-refractivity contribution in [1.82, 2.24) is 9.88 Å². The number of likely N-dealkylation sites (tertiary alicyclic amines) is 1. The number of nitrogens with zero attached hydrogens (tertiary/aromatic N) is 3. The topological polar surface area (TPSA) is 36.4 Å². The second-order valence-electron chi connectivity index (χ2n) is 7.10. The Labute approximate surface area is 147 Å². The lowest BCUT2D eigenvalue weighted by atomic mass is 9.89. The lowest BCUT2D eigenvalue weighted by Crippen LogP contribution is -2.47. The van der Waals surface area contributed by atoms with Crippen LogP contribution in [-0.2, 0) is 0 Å². The Morgan fingerprint density at radius 2 is 2.08 bits per heavy atom. The summed E-state index contributed by atoms with van der Waals surface area (Å²) in [6.07, 6.45) is 1.02. The maximum atomic E-state index is 13.3. The van der Waals surface area contributed by atoms with Crippen molar-refractivity contribution >= 4 is 22.9 Å². The number of fused-ring (bicyclic) bond motifs is 3. The van der Waals surface area contributed by atoms with E-state index >= 15 is 0 Å². The second-order valence-corrected chi connectivity index (χ2v) is 8.51. The number of hydrogen-bond donors (Lipinski definition) is 0. The predicted octanol–water partition coefficient (Wildman–Crippen LogP) is 3.52. The normalized spacial score (nSPS) is 23.2. The molecule has 1 amide bonds. The fourth-order valence-electron chi connectivity index (χ4n) is 4.19. The lowest BCUT2D eigenvalue weighted by Gasteiger charge is -2.36. The van der Waals surface area contributed by atoms with Crippen LogP contribution in [0.15, 0.2) is 18.2 Å². The van der Waals surface area contributed by atoms with Crippen molar-refractivity contribution in [1.29, 1.82) is 0 Å². The third kappa shape index (κ3) is 2.38. The summed E-state index contributed by atoms with van der Waals surface area (Å²) in [4.78, 5) is 23.3. The third-order valence-corrected chi connectivity index (χ3v) is 6.16. The van der Waals surface area contributed by atoms with Crippen molar-refractivity contribution in [2.45, 2.75) is 39.2 Å². The van der Waals surface area contributed by atoms with Crippen molar-refractivity contribution in [3.8, 4) is 0 Å². The van der Waals surface area contributed by atoms with Crippen LogP contribution in [0.25, 0.3) is 0 Å². The number of amides is 1. The Kier molecular flexibility index (Phi) is 3.73. The molecule has 2 aliphatic heterocycles.